The molecular weight excluding hydrogens is 456 g/mol. The van der Waals surface area contributed by atoms with Gasteiger partial charge in [-0.25, -0.2) is 0 Å². The first-order valence-electron chi connectivity index (χ1n) is 9.06. The Morgan fingerprint density at radius 1 is 0.516 bits per heavy atom. The summed E-state index contributed by atoms with van der Waals surface area (Å²) >= 11 is 0. The second kappa shape index (κ2) is 7.44. The van der Waals surface area contributed by atoms with Crippen LogP contribution in [0, 0.1) is 3.91 Å². The van der Waals surface area contributed by atoms with E-state index in [2.05, 4.69) is 0 Å². The molecule has 0 saturated carbocycles. The Hall–Kier alpha value is -2.75. The lowest BCUT2D eigenvalue weighted by molar-refractivity contribution is 0.585. The summed E-state index contributed by atoms with van der Waals surface area (Å²) in [4.78, 5) is -0.813. The quantitative estimate of drug-likeness (QED) is 0.409. The van der Waals surface area contributed by atoms with Crippen molar-refractivity contribution in [3.05, 3.63) is 88.8 Å². The van der Waals surface area contributed by atoms with E-state index in [0.29, 0.717) is 17.0 Å². The van der Waals surface area contributed by atoms with Crippen LogP contribution in [0.2, 0.25) is 0 Å². The third kappa shape index (κ3) is 3.84. The van der Waals surface area contributed by atoms with Crippen LogP contribution in [0.4, 0.5) is 0 Å². The van der Waals surface area contributed by atoms with Gasteiger partial charge in [-0.1, -0.05) is 60.7 Å². The highest BCUT2D eigenvalue weighted by molar-refractivity contribution is 8.28. The molecule has 0 bridgehead atoms. The van der Waals surface area contributed by atoms with Gasteiger partial charge < -0.3 is 0 Å². The van der Waals surface area contributed by atoms with E-state index in [-0.39, 0.29) is 0 Å². The molecule has 0 fully saturated rings. The van der Waals surface area contributed by atoms with E-state index in [1.165, 1.54) is 36.4 Å². The number of hydrogen-bond acceptors (Lipinski definition) is 6. The molecule has 0 aromatic heterocycles. The molecule has 9 heteroatoms. The molecule has 0 radical (unpaired) electrons. The summed E-state index contributed by atoms with van der Waals surface area (Å²) in [5.41, 5.74) is 0. The number of rotatable bonds is 5. The Labute approximate surface area is 180 Å². The molecule has 0 aliphatic heterocycles. The normalized spacial score (nSPS) is 13.1. The van der Waals surface area contributed by atoms with Gasteiger partial charge in [0.05, 0.1) is 33.4 Å². The fraction of sp³-hybridized carbons (Fsp3) is 0.0455. The van der Waals surface area contributed by atoms with Crippen LogP contribution >= 0.6 is 0 Å². The van der Waals surface area contributed by atoms with Crippen molar-refractivity contribution in [2.45, 2.75) is 9.79 Å². The van der Waals surface area contributed by atoms with Crippen molar-refractivity contribution in [2.24, 2.45) is 0 Å². The summed E-state index contributed by atoms with van der Waals surface area (Å²) in [5, 5.41) is 2.55. The maximum atomic E-state index is 13.3. The average molecular weight is 474 g/mol. The first kappa shape index (κ1) is 21.5. The lowest BCUT2D eigenvalue weighted by atomic mass is 10.1. The van der Waals surface area contributed by atoms with Gasteiger partial charge >= 0.3 is 0 Å². The molecule has 0 unspecified atom stereocenters. The van der Waals surface area contributed by atoms with Gasteiger partial charge in [-0.2, -0.15) is 0 Å². The number of sulfone groups is 3. The molecule has 0 amide bonds. The number of hydrogen-bond donors (Lipinski definition) is 0. The third-order valence-electron chi connectivity index (χ3n) is 4.80. The van der Waals surface area contributed by atoms with Crippen molar-refractivity contribution in [1.29, 1.82) is 0 Å². The molecule has 4 aromatic carbocycles. The van der Waals surface area contributed by atoms with E-state index >= 15 is 0 Å². The zero-order valence-corrected chi connectivity index (χ0v) is 18.7. The molecule has 0 atom stereocenters. The number of fused-ring (bicyclic) bond motifs is 2. The van der Waals surface area contributed by atoms with Crippen molar-refractivity contribution in [2.75, 3.05) is 6.26 Å². The smallest absolute Gasteiger partial charge is 0.0828 e. The van der Waals surface area contributed by atoms with E-state index in [0.717, 1.165) is 10.8 Å². The van der Waals surface area contributed by atoms with Crippen LogP contribution < -0.4 is 0 Å². The van der Waals surface area contributed by atoms with Gasteiger partial charge in [0, 0.05) is 16.0 Å². The molecule has 0 N–H and O–H groups in total. The van der Waals surface area contributed by atoms with Crippen LogP contribution in [0.15, 0.2) is 94.7 Å². The van der Waals surface area contributed by atoms with Crippen molar-refractivity contribution in [3.8, 4) is 0 Å². The van der Waals surface area contributed by atoms with Crippen molar-refractivity contribution in [1.82, 2.24) is 0 Å². The van der Waals surface area contributed by atoms with Crippen LogP contribution in [-0.2, 0) is 29.5 Å². The van der Waals surface area contributed by atoms with E-state index in [1.807, 2.05) is 0 Å². The average Bonchev–Trinajstić information content (AvgIpc) is 2.71. The first-order valence-corrected chi connectivity index (χ1v) is 13.9. The minimum atomic E-state index is -4.87. The first-order chi connectivity index (χ1) is 14.5. The van der Waals surface area contributed by atoms with Crippen LogP contribution in [0.1, 0.15) is 0 Å². The standard InChI is InChI=1S/C22H17O6S3/c1-29(23,24)22(30(25,26)20-12-10-16-6-2-4-8-18(16)14-20)31(27,28)21-13-11-17-7-3-5-9-19(17)15-21/h2-15H,1H3/q-1. The van der Waals surface area contributed by atoms with E-state index in [4.69, 9.17) is 0 Å². The maximum absolute atomic E-state index is 13.3. The van der Waals surface area contributed by atoms with Crippen LogP contribution in [0.5, 0.6) is 0 Å². The summed E-state index contributed by atoms with van der Waals surface area (Å²) in [6.07, 6.45) is 0.583. The Bertz CT molecular complexity index is 1530. The molecule has 4 aromatic rings. The molecular formula is C22H17O6S3-. The van der Waals surface area contributed by atoms with Crippen molar-refractivity contribution < 1.29 is 25.3 Å². The summed E-state index contributed by atoms with van der Waals surface area (Å²) in [7, 11) is -14.4. The highest BCUT2D eigenvalue weighted by Crippen LogP contribution is 2.37. The Morgan fingerprint density at radius 2 is 0.871 bits per heavy atom. The largest absolute Gasteiger partial charge is 0.260 e. The second-order valence-corrected chi connectivity index (χ2v) is 13.5. The summed E-state index contributed by atoms with van der Waals surface area (Å²) in [6, 6.07) is 21.8. The van der Waals surface area contributed by atoms with Crippen LogP contribution in [0.3, 0.4) is 0 Å². The van der Waals surface area contributed by atoms with E-state index in [9.17, 15) is 25.3 Å². The zero-order valence-electron chi connectivity index (χ0n) is 16.3. The minimum Gasteiger partial charge on any atom is -0.260 e. The molecule has 31 heavy (non-hydrogen) atoms. The number of benzene rings is 4. The van der Waals surface area contributed by atoms with E-state index < -0.39 is 43.2 Å². The maximum Gasteiger partial charge on any atom is 0.0828 e. The summed E-state index contributed by atoms with van der Waals surface area (Å²) < 4.78 is 76.7. The van der Waals surface area contributed by atoms with Crippen molar-refractivity contribution >= 4 is 51.1 Å². The van der Waals surface area contributed by atoms with Gasteiger partial charge in [0.25, 0.3) is 0 Å². The Balaban J connectivity index is 1.93. The molecule has 160 valence electrons. The highest BCUT2D eigenvalue weighted by Gasteiger charge is 2.35. The molecule has 0 spiro atoms. The summed E-state index contributed by atoms with van der Waals surface area (Å²) in [5.74, 6) is 0. The zero-order chi connectivity index (χ0) is 22.4. The van der Waals surface area contributed by atoms with Crippen molar-refractivity contribution in [3.63, 3.8) is 0 Å². The van der Waals surface area contributed by atoms with E-state index in [1.54, 1.807) is 48.5 Å². The van der Waals surface area contributed by atoms with Gasteiger partial charge in [0.1, 0.15) is 0 Å². The molecule has 0 heterocycles. The van der Waals surface area contributed by atoms with Crippen LogP contribution in [0.25, 0.3) is 21.5 Å². The highest BCUT2D eigenvalue weighted by atomic mass is 32.3. The Morgan fingerprint density at radius 3 is 1.23 bits per heavy atom. The topological polar surface area (TPSA) is 102 Å². The summed E-state index contributed by atoms with van der Waals surface area (Å²) in [6.45, 7) is 0. The second-order valence-electron chi connectivity index (χ2n) is 7.05. The van der Waals surface area contributed by atoms with Crippen LogP contribution in [-0.4, -0.2) is 31.5 Å². The fourth-order valence-corrected chi connectivity index (χ4v) is 10.3. The molecule has 0 aliphatic rings. The fourth-order valence-electron chi connectivity index (χ4n) is 3.40. The van der Waals surface area contributed by atoms with Gasteiger partial charge in [-0.05, 0) is 45.8 Å². The SMILES string of the molecule is CS(=O)(=O)[C-](S(=O)(=O)c1ccc2ccccc2c1)S(=O)(=O)c1ccc2ccccc2c1. The van der Waals surface area contributed by atoms with Gasteiger partial charge in [-0.15, -0.1) is 0 Å². The molecule has 4 rings (SSSR count). The Kier molecular flexibility index (Phi) is 5.15. The van der Waals surface area contributed by atoms with Gasteiger partial charge in [0.2, 0.25) is 0 Å². The monoisotopic (exact) mass is 473 g/mol. The lowest BCUT2D eigenvalue weighted by Gasteiger charge is -2.28. The predicted molar refractivity (Wildman–Crippen MR) is 120 cm³/mol. The lowest BCUT2D eigenvalue weighted by Crippen LogP contribution is -2.29. The molecule has 0 aliphatic carbocycles. The molecule has 6 nitrogen and oxygen atoms in total. The molecule has 0 saturated heterocycles. The van der Waals surface area contributed by atoms with Gasteiger partial charge in [0.15, 0.2) is 0 Å². The predicted octanol–water partition coefficient (Wildman–Crippen LogP) is 3.73. The minimum absolute atomic E-state index is 0.406. The third-order valence-corrected chi connectivity index (χ3v) is 12.5. The van der Waals surface area contributed by atoms with Gasteiger partial charge in [-0.3, -0.25) is 25.3 Å².